The molecular weight excluding hydrogens is 385 g/mol. The summed E-state index contributed by atoms with van der Waals surface area (Å²) in [5.74, 6) is 0.211. The molecule has 0 aliphatic carbocycles. The lowest BCUT2D eigenvalue weighted by atomic mass is 9.92. The highest BCUT2D eigenvalue weighted by Crippen LogP contribution is 2.25. The Bertz CT molecular complexity index is 854. The average Bonchev–Trinajstić information content (AvgIpc) is 3.31. The number of benzene rings is 1. The van der Waals surface area contributed by atoms with Crippen LogP contribution in [0.2, 0.25) is 0 Å². The van der Waals surface area contributed by atoms with E-state index in [0.717, 1.165) is 44.5 Å². The number of likely N-dealkylation sites (tertiary alicyclic amines) is 2. The second-order valence-electron chi connectivity index (χ2n) is 8.11. The summed E-state index contributed by atoms with van der Waals surface area (Å²) < 4.78 is 19.2. The number of hydrogen-bond acceptors (Lipinski definition) is 4. The molecule has 0 bridgehead atoms. The molecular formula is C23H28FN3O3. The Labute approximate surface area is 176 Å². The van der Waals surface area contributed by atoms with Crippen LogP contribution in [0.1, 0.15) is 41.8 Å². The first-order valence-corrected chi connectivity index (χ1v) is 10.7. The van der Waals surface area contributed by atoms with E-state index in [9.17, 15) is 14.0 Å². The summed E-state index contributed by atoms with van der Waals surface area (Å²) in [5.41, 5.74) is 0.150. The molecule has 6 nitrogen and oxygen atoms in total. The molecule has 3 heterocycles. The van der Waals surface area contributed by atoms with Gasteiger partial charge in [-0.2, -0.15) is 0 Å². The Hall–Kier alpha value is -2.67. The predicted octanol–water partition coefficient (Wildman–Crippen LogP) is 3.05. The number of carbonyl (C=O) groups excluding carboxylic acids is 2. The summed E-state index contributed by atoms with van der Waals surface area (Å²) in [5, 5.41) is 2.96. The number of amides is 2. The molecule has 1 aromatic carbocycles. The lowest BCUT2D eigenvalue weighted by Gasteiger charge is -2.41. The maximum absolute atomic E-state index is 13.9. The van der Waals surface area contributed by atoms with Crippen molar-refractivity contribution >= 4 is 11.8 Å². The van der Waals surface area contributed by atoms with E-state index in [4.69, 9.17) is 4.42 Å². The van der Waals surface area contributed by atoms with Crippen LogP contribution in [-0.4, -0.2) is 53.8 Å². The lowest BCUT2D eigenvalue weighted by molar-refractivity contribution is -0.127. The summed E-state index contributed by atoms with van der Waals surface area (Å²) >= 11 is 0. The van der Waals surface area contributed by atoms with E-state index in [-0.39, 0.29) is 23.3 Å². The lowest BCUT2D eigenvalue weighted by Crippen LogP contribution is -2.50. The number of rotatable bonds is 5. The third kappa shape index (κ3) is 4.73. The molecule has 1 aromatic heterocycles. The highest BCUT2D eigenvalue weighted by molar-refractivity contribution is 5.94. The molecule has 2 aliphatic rings. The topological polar surface area (TPSA) is 65.8 Å². The zero-order chi connectivity index (χ0) is 20.9. The minimum absolute atomic E-state index is 0.0407. The minimum Gasteiger partial charge on any atom is -0.467 e. The zero-order valence-corrected chi connectivity index (χ0v) is 17.1. The largest absolute Gasteiger partial charge is 0.467 e. The summed E-state index contributed by atoms with van der Waals surface area (Å²) in [6.45, 7) is 3.50. The van der Waals surface area contributed by atoms with Crippen LogP contribution in [0, 0.1) is 11.7 Å². The van der Waals surface area contributed by atoms with Crippen LogP contribution < -0.4 is 5.32 Å². The smallest absolute Gasteiger partial charge is 0.256 e. The Morgan fingerprint density at radius 2 is 1.73 bits per heavy atom. The van der Waals surface area contributed by atoms with Gasteiger partial charge in [0.05, 0.1) is 18.4 Å². The van der Waals surface area contributed by atoms with Gasteiger partial charge in [-0.1, -0.05) is 12.1 Å². The summed E-state index contributed by atoms with van der Waals surface area (Å²) in [4.78, 5) is 29.2. The van der Waals surface area contributed by atoms with Gasteiger partial charge in [-0.15, -0.1) is 0 Å². The number of piperidine rings is 2. The summed E-state index contributed by atoms with van der Waals surface area (Å²) in [6, 6.07) is 10.3. The summed E-state index contributed by atoms with van der Waals surface area (Å²) in [7, 11) is 0. The van der Waals surface area contributed by atoms with E-state index in [1.54, 1.807) is 29.4 Å². The number of hydrogen-bond donors (Lipinski definition) is 1. The first kappa shape index (κ1) is 20.6. The van der Waals surface area contributed by atoms with Crippen molar-refractivity contribution in [1.82, 2.24) is 15.1 Å². The fourth-order valence-electron chi connectivity index (χ4n) is 4.50. The van der Waals surface area contributed by atoms with Crippen molar-refractivity contribution in [3.05, 3.63) is 59.8 Å². The van der Waals surface area contributed by atoms with Crippen LogP contribution >= 0.6 is 0 Å². The van der Waals surface area contributed by atoms with Crippen molar-refractivity contribution in [3.63, 3.8) is 0 Å². The SMILES string of the molecule is O=C(NCc1ccco1)C1CCN(C2CCN(C(=O)c3ccccc3F)CC2)CC1. The Kier molecular flexibility index (Phi) is 6.47. The van der Waals surface area contributed by atoms with E-state index < -0.39 is 5.82 Å². The molecule has 4 rings (SSSR count). The minimum atomic E-state index is -0.461. The molecule has 2 saturated heterocycles. The highest BCUT2D eigenvalue weighted by atomic mass is 19.1. The van der Waals surface area contributed by atoms with Crippen LogP contribution in [0.5, 0.6) is 0 Å². The number of furan rings is 1. The van der Waals surface area contributed by atoms with Gasteiger partial charge < -0.3 is 19.5 Å². The van der Waals surface area contributed by atoms with Crippen molar-refractivity contribution in [2.45, 2.75) is 38.3 Å². The predicted molar refractivity (Wildman–Crippen MR) is 110 cm³/mol. The molecule has 2 amide bonds. The molecule has 0 radical (unpaired) electrons. The number of halogens is 1. The zero-order valence-electron chi connectivity index (χ0n) is 17.1. The van der Waals surface area contributed by atoms with Gasteiger partial charge in [-0.3, -0.25) is 9.59 Å². The number of nitrogens with zero attached hydrogens (tertiary/aromatic N) is 2. The van der Waals surface area contributed by atoms with Crippen LogP contribution in [0.3, 0.4) is 0 Å². The molecule has 160 valence electrons. The Morgan fingerprint density at radius 1 is 1.00 bits per heavy atom. The quantitative estimate of drug-likeness (QED) is 0.818. The molecule has 0 atom stereocenters. The van der Waals surface area contributed by atoms with E-state index in [1.165, 1.54) is 6.07 Å². The van der Waals surface area contributed by atoms with E-state index in [2.05, 4.69) is 10.2 Å². The third-order valence-corrected chi connectivity index (χ3v) is 6.29. The van der Waals surface area contributed by atoms with Gasteiger partial charge in [0, 0.05) is 25.0 Å². The van der Waals surface area contributed by atoms with E-state index in [1.807, 2.05) is 12.1 Å². The first-order chi connectivity index (χ1) is 14.6. The standard InChI is InChI=1S/C23H28FN3O3/c24-21-6-2-1-5-20(21)23(29)27-13-9-18(10-14-27)26-11-7-17(8-12-26)22(28)25-16-19-4-3-15-30-19/h1-6,15,17-18H,7-14,16H2,(H,25,28). The maximum atomic E-state index is 13.9. The van der Waals surface area contributed by atoms with Crippen LogP contribution in [-0.2, 0) is 11.3 Å². The molecule has 30 heavy (non-hydrogen) atoms. The van der Waals surface area contributed by atoms with Crippen molar-refractivity contribution < 1.29 is 18.4 Å². The fraction of sp³-hybridized carbons (Fsp3) is 0.478. The first-order valence-electron chi connectivity index (χ1n) is 10.7. The van der Waals surface area contributed by atoms with Crippen molar-refractivity contribution in [2.24, 2.45) is 5.92 Å². The van der Waals surface area contributed by atoms with E-state index >= 15 is 0 Å². The normalized spacial score (nSPS) is 19.0. The van der Waals surface area contributed by atoms with Crippen LogP contribution in [0.4, 0.5) is 4.39 Å². The number of carbonyl (C=O) groups is 2. The van der Waals surface area contributed by atoms with Crippen LogP contribution in [0.15, 0.2) is 47.1 Å². The second-order valence-corrected chi connectivity index (χ2v) is 8.11. The number of nitrogens with one attached hydrogen (secondary N) is 1. The monoisotopic (exact) mass is 413 g/mol. The van der Waals surface area contributed by atoms with Gasteiger partial charge in [0.1, 0.15) is 11.6 Å². The van der Waals surface area contributed by atoms with Gasteiger partial charge in [0.2, 0.25) is 5.91 Å². The van der Waals surface area contributed by atoms with Gasteiger partial charge in [0.25, 0.3) is 5.91 Å². The molecule has 2 aliphatic heterocycles. The van der Waals surface area contributed by atoms with Crippen molar-refractivity contribution in [1.29, 1.82) is 0 Å². The molecule has 0 saturated carbocycles. The third-order valence-electron chi connectivity index (χ3n) is 6.29. The average molecular weight is 413 g/mol. The molecule has 0 unspecified atom stereocenters. The van der Waals surface area contributed by atoms with Crippen LogP contribution in [0.25, 0.3) is 0 Å². The molecule has 2 aromatic rings. The van der Waals surface area contributed by atoms with Gasteiger partial charge in [0.15, 0.2) is 0 Å². The Balaban J connectivity index is 1.21. The maximum Gasteiger partial charge on any atom is 0.256 e. The van der Waals surface area contributed by atoms with Crippen molar-refractivity contribution in [3.8, 4) is 0 Å². The van der Waals surface area contributed by atoms with Gasteiger partial charge >= 0.3 is 0 Å². The fourth-order valence-corrected chi connectivity index (χ4v) is 4.50. The van der Waals surface area contributed by atoms with Gasteiger partial charge in [-0.25, -0.2) is 4.39 Å². The highest BCUT2D eigenvalue weighted by Gasteiger charge is 2.32. The van der Waals surface area contributed by atoms with Crippen molar-refractivity contribution in [2.75, 3.05) is 26.2 Å². The Morgan fingerprint density at radius 3 is 2.40 bits per heavy atom. The van der Waals surface area contributed by atoms with Gasteiger partial charge in [-0.05, 0) is 63.0 Å². The molecule has 2 fully saturated rings. The molecule has 7 heteroatoms. The molecule has 0 spiro atoms. The summed E-state index contributed by atoms with van der Waals surface area (Å²) in [6.07, 6.45) is 5.07. The van der Waals surface area contributed by atoms with E-state index in [0.29, 0.717) is 25.7 Å². The molecule has 1 N–H and O–H groups in total. The second kappa shape index (κ2) is 9.43.